The first-order valence-corrected chi connectivity index (χ1v) is 10.3. The summed E-state index contributed by atoms with van der Waals surface area (Å²) in [5.74, 6) is -0.284. The van der Waals surface area contributed by atoms with Gasteiger partial charge in [-0.05, 0) is 54.0 Å². The van der Waals surface area contributed by atoms with Crippen molar-refractivity contribution in [3.8, 4) is 16.9 Å². The summed E-state index contributed by atoms with van der Waals surface area (Å²) in [6.45, 7) is 1.78. The molecule has 0 heterocycles. The molecule has 0 aromatic heterocycles. The van der Waals surface area contributed by atoms with Crippen molar-refractivity contribution < 1.29 is 14.3 Å². The van der Waals surface area contributed by atoms with Gasteiger partial charge in [0.25, 0.3) is 5.91 Å². The molecule has 0 saturated heterocycles. The van der Waals surface area contributed by atoms with E-state index in [4.69, 9.17) is 17.0 Å². The highest BCUT2D eigenvalue weighted by Crippen LogP contribution is 2.21. The molecule has 0 aliphatic carbocycles. The van der Waals surface area contributed by atoms with Gasteiger partial charge < -0.3 is 4.74 Å². The number of carbonyl (C=O) groups excluding carboxylic acids is 2. The summed E-state index contributed by atoms with van der Waals surface area (Å²) in [5, 5.41) is 2.43. The Kier molecular flexibility index (Phi) is 8.11. The number of aryl methyl sites for hydroxylation is 1. The lowest BCUT2D eigenvalue weighted by Crippen LogP contribution is -2.49. The average Bonchev–Trinajstić information content (AvgIpc) is 2.82. The van der Waals surface area contributed by atoms with Gasteiger partial charge in [0.05, 0.1) is 0 Å². The van der Waals surface area contributed by atoms with Crippen LogP contribution >= 0.6 is 12.2 Å². The Balaban J connectivity index is 1.37. The summed E-state index contributed by atoms with van der Waals surface area (Å²) in [7, 11) is 0. The fourth-order valence-corrected chi connectivity index (χ4v) is 2.87. The van der Waals surface area contributed by atoms with Crippen LogP contribution < -0.4 is 20.9 Å². The van der Waals surface area contributed by atoms with Crippen LogP contribution in [0.5, 0.6) is 5.75 Å². The molecule has 0 aliphatic heterocycles. The number of thiocarbonyl (C=S) groups is 1. The van der Waals surface area contributed by atoms with Gasteiger partial charge in [0.15, 0.2) is 11.7 Å². The van der Waals surface area contributed by atoms with Crippen molar-refractivity contribution in [3.05, 3.63) is 96.1 Å². The Labute approximate surface area is 192 Å². The van der Waals surface area contributed by atoms with E-state index in [1.54, 1.807) is 18.2 Å². The normalized spacial score (nSPS) is 10.4. The summed E-state index contributed by atoms with van der Waals surface area (Å²) in [4.78, 5) is 23.9. The van der Waals surface area contributed by atoms with Crippen LogP contribution in [0.15, 0.2) is 84.9 Å². The van der Waals surface area contributed by atoms with E-state index in [2.05, 4.69) is 16.2 Å². The minimum Gasteiger partial charge on any atom is -0.484 e. The standard InChI is InChI=1S/C25H23N3O3S/c1-18-7-9-19(10-8-18)11-16-23(29)26-25(32)28-27-24(30)17-31-22-14-12-21(13-15-22)20-5-3-2-4-6-20/h2-16H,17H2,1H3,(H,27,30)(H2,26,28,29,32). The van der Waals surface area contributed by atoms with Crippen molar-refractivity contribution in [2.24, 2.45) is 0 Å². The molecule has 0 atom stereocenters. The predicted octanol–water partition coefficient (Wildman–Crippen LogP) is 3.78. The maximum atomic E-state index is 11.9. The molecule has 3 rings (SSSR count). The molecule has 0 fully saturated rings. The number of hydrogen-bond donors (Lipinski definition) is 3. The van der Waals surface area contributed by atoms with Gasteiger partial charge in [-0.25, -0.2) is 0 Å². The van der Waals surface area contributed by atoms with Crippen LogP contribution in [0.1, 0.15) is 11.1 Å². The van der Waals surface area contributed by atoms with Crippen molar-refractivity contribution in [2.45, 2.75) is 6.92 Å². The Morgan fingerprint density at radius 2 is 1.53 bits per heavy atom. The van der Waals surface area contributed by atoms with Crippen LogP contribution in [-0.4, -0.2) is 23.5 Å². The lowest BCUT2D eigenvalue weighted by atomic mass is 10.1. The summed E-state index contributed by atoms with van der Waals surface area (Å²) in [5.41, 5.74) is 9.05. The van der Waals surface area contributed by atoms with E-state index in [0.717, 1.165) is 22.3 Å². The van der Waals surface area contributed by atoms with Crippen molar-refractivity contribution >= 4 is 35.2 Å². The fraction of sp³-hybridized carbons (Fsp3) is 0.0800. The minimum absolute atomic E-state index is 0.0240. The first-order chi connectivity index (χ1) is 15.5. The zero-order valence-electron chi connectivity index (χ0n) is 17.5. The van der Waals surface area contributed by atoms with Crippen molar-refractivity contribution in [3.63, 3.8) is 0 Å². The van der Waals surface area contributed by atoms with Gasteiger partial charge in [0.1, 0.15) is 5.75 Å². The Morgan fingerprint density at radius 3 is 2.22 bits per heavy atom. The van der Waals surface area contributed by atoms with Gasteiger partial charge in [0, 0.05) is 6.08 Å². The largest absolute Gasteiger partial charge is 0.484 e. The van der Waals surface area contributed by atoms with Crippen LogP contribution in [0.2, 0.25) is 0 Å². The van der Waals surface area contributed by atoms with Gasteiger partial charge in [-0.2, -0.15) is 0 Å². The van der Waals surface area contributed by atoms with Gasteiger partial charge in [0.2, 0.25) is 5.91 Å². The highest BCUT2D eigenvalue weighted by atomic mass is 32.1. The molecular weight excluding hydrogens is 422 g/mol. The topological polar surface area (TPSA) is 79.5 Å². The number of hydrogen-bond acceptors (Lipinski definition) is 4. The highest BCUT2D eigenvalue weighted by molar-refractivity contribution is 7.80. The number of ether oxygens (including phenoxy) is 1. The molecule has 6 nitrogen and oxygen atoms in total. The number of rotatable bonds is 6. The van der Waals surface area contributed by atoms with Gasteiger partial charge in [-0.1, -0.05) is 72.3 Å². The van der Waals surface area contributed by atoms with E-state index in [1.807, 2.05) is 73.7 Å². The molecule has 3 aromatic rings. The Bertz CT molecular complexity index is 1100. The summed E-state index contributed by atoms with van der Waals surface area (Å²) < 4.78 is 5.47. The molecule has 2 amide bonds. The summed E-state index contributed by atoms with van der Waals surface area (Å²) in [6.07, 6.45) is 3.04. The quantitative estimate of drug-likeness (QED) is 0.306. The van der Waals surface area contributed by atoms with Gasteiger partial charge >= 0.3 is 0 Å². The van der Waals surface area contributed by atoms with Crippen LogP contribution in [0.3, 0.4) is 0 Å². The third-order valence-corrected chi connectivity index (χ3v) is 4.59. The smallest absolute Gasteiger partial charge is 0.276 e. The summed E-state index contributed by atoms with van der Waals surface area (Å²) >= 11 is 5.00. The maximum absolute atomic E-state index is 11.9. The van der Waals surface area contributed by atoms with Crippen molar-refractivity contribution in [1.29, 1.82) is 0 Å². The number of benzene rings is 3. The van der Waals surface area contributed by atoms with E-state index >= 15 is 0 Å². The Morgan fingerprint density at radius 1 is 0.875 bits per heavy atom. The third kappa shape index (κ3) is 7.37. The van der Waals surface area contributed by atoms with Gasteiger partial charge in [-0.3, -0.25) is 25.8 Å². The average molecular weight is 446 g/mol. The predicted molar refractivity (Wildman–Crippen MR) is 130 cm³/mol. The number of carbonyl (C=O) groups is 2. The molecule has 3 aromatic carbocycles. The molecular formula is C25H23N3O3S. The zero-order chi connectivity index (χ0) is 22.8. The van der Waals surface area contributed by atoms with E-state index in [0.29, 0.717) is 5.75 Å². The summed E-state index contributed by atoms with van der Waals surface area (Å²) in [6, 6.07) is 25.1. The van der Waals surface area contributed by atoms with Crippen molar-refractivity contribution in [2.75, 3.05) is 6.61 Å². The van der Waals surface area contributed by atoms with Crippen LogP contribution in [0, 0.1) is 6.92 Å². The molecule has 0 radical (unpaired) electrons. The minimum atomic E-state index is -0.441. The monoisotopic (exact) mass is 445 g/mol. The molecule has 32 heavy (non-hydrogen) atoms. The molecule has 0 aliphatic rings. The van der Waals surface area contributed by atoms with Crippen molar-refractivity contribution in [1.82, 2.24) is 16.2 Å². The van der Waals surface area contributed by atoms with E-state index < -0.39 is 11.8 Å². The van der Waals surface area contributed by atoms with Crippen LogP contribution in [-0.2, 0) is 9.59 Å². The van der Waals surface area contributed by atoms with E-state index in [9.17, 15) is 9.59 Å². The Hall–Kier alpha value is -3.97. The fourth-order valence-electron chi connectivity index (χ4n) is 2.72. The SMILES string of the molecule is Cc1ccc(C=CC(=O)NC(=S)NNC(=O)COc2ccc(-c3ccccc3)cc2)cc1. The van der Waals surface area contributed by atoms with Crippen LogP contribution in [0.4, 0.5) is 0 Å². The second kappa shape index (κ2) is 11.4. The van der Waals surface area contributed by atoms with Gasteiger partial charge in [-0.15, -0.1) is 0 Å². The van der Waals surface area contributed by atoms with E-state index in [-0.39, 0.29) is 11.7 Å². The molecule has 3 N–H and O–H groups in total. The lowest BCUT2D eigenvalue weighted by Gasteiger charge is -2.11. The first-order valence-electron chi connectivity index (χ1n) is 9.92. The van der Waals surface area contributed by atoms with E-state index in [1.165, 1.54) is 6.08 Å². The van der Waals surface area contributed by atoms with Crippen LogP contribution in [0.25, 0.3) is 17.2 Å². The lowest BCUT2D eigenvalue weighted by molar-refractivity contribution is -0.123. The maximum Gasteiger partial charge on any atom is 0.276 e. The molecule has 0 unspecified atom stereocenters. The number of hydrazine groups is 1. The third-order valence-electron chi connectivity index (χ3n) is 4.39. The number of amides is 2. The first kappa shape index (κ1) is 22.7. The highest BCUT2D eigenvalue weighted by Gasteiger charge is 2.06. The molecule has 0 spiro atoms. The molecule has 7 heteroatoms. The zero-order valence-corrected chi connectivity index (χ0v) is 18.3. The number of nitrogens with one attached hydrogen (secondary N) is 3. The second-order valence-corrected chi connectivity index (χ2v) is 7.32. The second-order valence-electron chi connectivity index (χ2n) is 6.91. The molecule has 0 saturated carbocycles. The molecule has 162 valence electrons. The molecule has 0 bridgehead atoms.